The van der Waals surface area contributed by atoms with Gasteiger partial charge in [-0.15, -0.1) is 0 Å². The van der Waals surface area contributed by atoms with E-state index in [-0.39, 0.29) is 12.5 Å². The van der Waals surface area contributed by atoms with Crippen molar-refractivity contribution in [1.29, 1.82) is 0 Å². The summed E-state index contributed by atoms with van der Waals surface area (Å²) in [7, 11) is 0. The van der Waals surface area contributed by atoms with Crippen LogP contribution in [0, 0.1) is 0 Å². The Morgan fingerprint density at radius 1 is 1.28 bits per heavy atom. The second-order valence-electron chi connectivity index (χ2n) is 4.90. The van der Waals surface area contributed by atoms with Crippen LogP contribution in [-0.4, -0.2) is 35.7 Å². The van der Waals surface area contributed by atoms with Crippen LogP contribution < -0.4 is 5.32 Å². The molecule has 0 aromatic heterocycles. The van der Waals surface area contributed by atoms with Gasteiger partial charge in [0.2, 0.25) is 5.91 Å². The minimum Gasteiger partial charge on any atom is -0.480 e. The van der Waals surface area contributed by atoms with Crippen molar-refractivity contribution < 1.29 is 19.4 Å². The van der Waals surface area contributed by atoms with E-state index in [2.05, 4.69) is 5.32 Å². The standard InChI is InChI=1S/C13H23NO4/c1-2-3-9-18-10-11(15)14-13(12(16)17)7-5-4-6-8-13/h2-10H2,1H3,(H,14,15)(H,16,17). The van der Waals surface area contributed by atoms with Gasteiger partial charge in [0.05, 0.1) is 0 Å². The summed E-state index contributed by atoms with van der Waals surface area (Å²) in [6.07, 6.45) is 5.70. The summed E-state index contributed by atoms with van der Waals surface area (Å²) in [6, 6.07) is 0. The molecule has 0 atom stereocenters. The Balaban J connectivity index is 2.41. The zero-order valence-electron chi connectivity index (χ0n) is 11.0. The molecule has 0 aromatic carbocycles. The van der Waals surface area contributed by atoms with E-state index in [9.17, 15) is 14.7 Å². The monoisotopic (exact) mass is 257 g/mol. The number of nitrogens with one attached hydrogen (secondary N) is 1. The third-order valence-corrected chi connectivity index (χ3v) is 3.37. The van der Waals surface area contributed by atoms with Gasteiger partial charge in [-0.1, -0.05) is 32.6 Å². The summed E-state index contributed by atoms with van der Waals surface area (Å²) < 4.78 is 5.20. The molecule has 1 aliphatic carbocycles. The number of carboxylic acid groups (broad SMARTS) is 1. The molecule has 0 bridgehead atoms. The molecule has 1 saturated carbocycles. The normalized spacial score (nSPS) is 18.3. The lowest BCUT2D eigenvalue weighted by Gasteiger charge is -2.33. The van der Waals surface area contributed by atoms with E-state index in [4.69, 9.17) is 4.74 Å². The molecule has 1 fully saturated rings. The van der Waals surface area contributed by atoms with Gasteiger partial charge in [-0.3, -0.25) is 4.79 Å². The van der Waals surface area contributed by atoms with Crippen LogP contribution in [0.1, 0.15) is 51.9 Å². The first-order chi connectivity index (χ1) is 8.60. The molecule has 0 unspecified atom stereocenters. The Labute approximate surface area is 108 Å². The van der Waals surface area contributed by atoms with Gasteiger partial charge in [0.15, 0.2) is 0 Å². The molecule has 1 amide bonds. The summed E-state index contributed by atoms with van der Waals surface area (Å²) in [5.41, 5.74) is -1.07. The van der Waals surface area contributed by atoms with Crippen molar-refractivity contribution in [1.82, 2.24) is 5.32 Å². The van der Waals surface area contributed by atoms with E-state index in [1.165, 1.54) is 0 Å². The molecule has 104 valence electrons. The fourth-order valence-electron chi connectivity index (χ4n) is 2.26. The van der Waals surface area contributed by atoms with Crippen LogP contribution in [0.4, 0.5) is 0 Å². The first-order valence-electron chi connectivity index (χ1n) is 6.73. The highest BCUT2D eigenvalue weighted by Gasteiger charge is 2.40. The molecule has 0 aromatic rings. The molecule has 0 saturated heterocycles. The van der Waals surface area contributed by atoms with E-state index in [0.29, 0.717) is 19.4 Å². The number of hydrogen-bond donors (Lipinski definition) is 2. The van der Waals surface area contributed by atoms with Gasteiger partial charge in [0, 0.05) is 6.61 Å². The first kappa shape index (κ1) is 15.0. The Hall–Kier alpha value is -1.10. The zero-order chi connectivity index (χ0) is 13.4. The SMILES string of the molecule is CCCCOCC(=O)NC1(C(=O)O)CCCCC1. The quantitative estimate of drug-likeness (QED) is 0.681. The van der Waals surface area contributed by atoms with Gasteiger partial charge in [-0.05, 0) is 19.3 Å². The van der Waals surface area contributed by atoms with Crippen LogP contribution in [0.15, 0.2) is 0 Å². The predicted molar refractivity (Wildman–Crippen MR) is 67.3 cm³/mol. The average Bonchev–Trinajstić information content (AvgIpc) is 2.35. The van der Waals surface area contributed by atoms with Crippen molar-refractivity contribution >= 4 is 11.9 Å². The second-order valence-corrected chi connectivity index (χ2v) is 4.90. The minimum absolute atomic E-state index is 0.0466. The number of unbranched alkanes of at least 4 members (excludes halogenated alkanes) is 1. The minimum atomic E-state index is -1.07. The Bertz CT molecular complexity index is 285. The van der Waals surface area contributed by atoms with E-state index in [1.54, 1.807) is 0 Å². The van der Waals surface area contributed by atoms with E-state index in [0.717, 1.165) is 32.1 Å². The van der Waals surface area contributed by atoms with Crippen molar-refractivity contribution in [3.63, 3.8) is 0 Å². The van der Waals surface area contributed by atoms with Crippen LogP contribution in [0.3, 0.4) is 0 Å². The lowest BCUT2D eigenvalue weighted by molar-refractivity contribution is -0.150. The number of carbonyl (C=O) groups is 2. The Kier molecular flexibility index (Phi) is 6.12. The maximum absolute atomic E-state index is 11.7. The van der Waals surface area contributed by atoms with Crippen LogP contribution >= 0.6 is 0 Å². The fraction of sp³-hybridized carbons (Fsp3) is 0.846. The number of ether oxygens (including phenoxy) is 1. The molecule has 0 radical (unpaired) electrons. The maximum Gasteiger partial charge on any atom is 0.329 e. The third-order valence-electron chi connectivity index (χ3n) is 3.37. The first-order valence-corrected chi connectivity index (χ1v) is 6.73. The molecule has 0 aliphatic heterocycles. The van der Waals surface area contributed by atoms with Crippen LogP contribution in [0.25, 0.3) is 0 Å². The average molecular weight is 257 g/mol. The summed E-state index contributed by atoms with van der Waals surface area (Å²) in [5.74, 6) is -1.25. The molecular formula is C13H23NO4. The summed E-state index contributed by atoms with van der Waals surface area (Å²) in [4.78, 5) is 23.0. The van der Waals surface area contributed by atoms with E-state index in [1.807, 2.05) is 6.92 Å². The van der Waals surface area contributed by atoms with Crippen molar-refractivity contribution in [2.75, 3.05) is 13.2 Å². The molecule has 1 aliphatic rings. The lowest BCUT2D eigenvalue weighted by Crippen LogP contribution is -2.56. The van der Waals surface area contributed by atoms with Gasteiger partial charge in [-0.25, -0.2) is 4.79 Å². The van der Waals surface area contributed by atoms with Crippen molar-refractivity contribution in [3.05, 3.63) is 0 Å². The van der Waals surface area contributed by atoms with Crippen molar-refractivity contribution in [2.45, 2.75) is 57.4 Å². The van der Waals surface area contributed by atoms with Crippen molar-refractivity contribution in [2.24, 2.45) is 0 Å². The van der Waals surface area contributed by atoms with Crippen molar-refractivity contribution in [3.8, 4) is 0 Å². The zero-order valence-corrected chi connectivity index (χ0v) is 11.0. The number of amides is 1. The van der Waals surface area contributed by atoms with Crippen LogP contribution in [0.5, 0.6) is 0 Å². The topological polar surface area (TPSA) is 75.6 Å². The molecule has 0 spiro atoms. The maximum atomic E-state index is 11.7. The number of aliphatic carboxylic acids is 1. The molecule has 0 heterocycles. The van der Waals surface area contributed by atoms with Gasteiger partial charge in [0.1, 0.15) is 12.1 Å². The molecular weight excluding hydrogens is 234 g/mol. The number of carboxylic acids is 1. The highest BCUT2D eigenvalue weighted by Crippen LogP contribution is 2.28. The summed E-state index contributed by atoms with van der Waals surface area (Å²) in [5, 5.41) is 11.9. The molecule has 5 nitrogen and oxygen atoms in total. The highest BCUT2D eigenvalue weighted by atomic mass is 16.5. The smallest absolute Gasteiger partial charge is 0.329 e. The van der Waals surface area contributed by atoms with Gasteiger partial charge in [0.25, 0.3) is 0 Å². The predicted octanol–water partition coefficient (Wildman–Crippen LogP) is 1.71. The van der Waals surface area contributed by atoms with Crippen LogP contribution in [0.2, 0.25) is 0 Å². The van der Waals surface area contributed by atoms with Gasteiger partial charge >= 0.3 is 5.97 Å². The van der Waals surface area contributed by atoms with E-state index >= 15 is 0 Å². The lowest BCUT2D eigenvalue weighted by atomic mass is 9.81. The number of hydrogen-bond acceptors (Lipinski definition) is 3. The fourth-order valence-corrected chi connectivity index (χ4v) is 2.26. The van der Waals surface area contributed by atoms with Crippen LogP contribution in [-0.2, 0) is 14.3 Å². The highest BCUT2D eigenvalue weighted by molar-refractivity contribution is 5.87. The second kappa shape index (κ2) is 7.36. The summed E-state index contributed by atoms with van der Waals surface area (Å²) >= 11 is 0. The number of carbonyl (C=O) groups excluding carboxylic acids is 1. The molecule has 2 N–H and O–H groups in total. The molecule has 18 heavy (non-hydrogen) atoms. The molecule has 1 rings (SSSR count). The van der Waals surface area contributed by atoms with Gasteiger partial charge in [-0.2, -0.15) is 0 Å². The van der Waals surface area contributed by atoms with E-state index < -0.39 is 11.5 Å². The Morgan fingerprint density at radius 2 is 1.94 bits per heavy atom. The Morgan fingerprint density at radius 3 is 2.50 bits per heavy atom. The summed E-state index contributed by atoms with van der Waals surface area (Å²) in [6.45, 7) is 2.55. The third kappa shape index (κ3) is 4.29. The van der Waals surface area contributed by atoms with Gasteiger partial charge < -0.3 is 15.2 Å². The molecule has 5 heteroatoms. The number of rotatable bonds is 7. The largest absolute Gasteiger partial charge is 0.480 e.